The van der Waals surface area contributed by atoms with E-state index < -0.39 is 0 Å². The maximum Gasteiger partial charge on any atom is 0.0716 e. The molecule has 9 rings (SSSR count). The molecule has 0 saturated carbocycles. The Bertz CT molecular complexity index is 2550. The molecule has 55 heavy (non-hydrogen) atoms. The first kappa shape index (κ1) is 33.9. The minimum Gasteiger partial charge on any atom is -0.280 e. The highest BCUT2D eigenvalue weighted by Crippen LogP contribution is 2.37. The van der Waals surface area contributed by atoms with Crippen molar-refractivity contribution in [3.05, 3.63) is 232 Å². The number of hydrogen-bond acceptors (Lipinski definition) is 2. The lowest BCUT2D eigenvalue weighted by Crippen LogP contribution is -2.00. The molecule has 0 heterocycles. The predicted octanol–water partition coefficient (Wildman–Crippen LogP) is 12.9. The van der Waals surface area contributed by atoms with Crippen LogP contribution in [0.15, 0.2) is 192 Å². The molecule has 0 spiro atoms. The molecule has 2 heteroatoms. The maximum absolute atomic E-state index is 5.29. The van der Waals surface area contributed by atoms with Crippen molar-refractivity contribution in [3.8, 4) is 22.3 Å². The molecule has 2 nitrogen and oxygen atoms in total. The molecule has 262 valence electrons. The molecule has 2 aliphatic rings. The second-order valence-electron chi connectivity index (χ2n) is 14.3. The first-order valence-electron chi connectivity index (χ1n) is 18.9. The number of allylic oxidation sites excluding steroid dienone is 3. The molecule has 0 N–H and O–H groups in total. The van der Waals surface area contributed by atoms with E-state index in [1.807, 2.05) is 24.3 Å². The minimum atomic E-state index is 0.501. The van der Waals surface area contributed by atoms with Crippen LogP contribution in [-0.4, -0.2) is 12.4 Å². The zero-order valence-electron chi connectivity index (χ0n) is 30.7. The smallest absolute Gasteiger partial charge is 0.0716 e. The summed E-state index contributed by atoms with van der Waals surface area (Å²) in [6.07, 6.45) is 8.63. The number of fused-ring (bicyclic) bond motifs is 2. The first-order chi connectivity index (χ1) is 27.2. The molecule has 0 atom stereocenters. The molecule has 0 bridgehead atoms. The summed E-state index contributed by atoms with van der Waals surface area (Å²) in [7, 11) is 0. The highest BCUT2D eigenvalue weighted by Gasteiger charge is 2.17. The third kappa shape index (κ3) is 7.36. The Balaban J connectivity index is 1.13. The lowest BCUT2D eigenvalue weighted by Gasteiger charge is -2.13. The van der Waals surface area contributed by atoms with Crippen LogP contribution in [0.2, 0.25) is 0 Å². The van der Waals surface area contributed by atoms with E-state index in [0.717, 1.165) is 40.9 Å². The number of nitrogens with zero attached hydrogens (tertiary/aromatic N) is 2. The molecule has 0 amide bonds. The van der Waals surface area contributed by atoms with E-state index in [-0.39, 0.29) is 0 Å². The molecular formula is C53H40N2. The Morgan fingerprint density at radius 3 is 1.47 bits per heavy atom. The second-order valence-corrected chi connectivity index (χ2v) is 14.3. The van der Waals surface area contributed by atoms with Crippen LogP contribution in [0, 0.1) is 0 Å². The standard InChI is InChI=1S/C53H40N2/c1-54-52(38-14-4-2-5-15-38)35-53(39-16-6-3-7-17-39)55-36-37-26-48(44-22-12-24-46(28-44)50-30-40-18-8-9-19-41(40)31-50)34-49(27-37)45-23-13-25-47(29-45)51-32-42-20-10-11-21-43(42)33-51/h2-30,32,34-35H,1,31,33,36H2/b52-35-,55-53?. The third-order valence-electron chi connectivity index (χ3n) is 10.7. The maximum atomic E-state index is 5.29. The first-order valence-corrected chi connectivity index (χ1v) is 18.9. The van der Waals surface area contributed by atoms with Crippen molar-refractivity contribution in [1.29, 1.82) is 0 Å². The van der Waals surface area contributed by atoms with E-state index >= 15 is 0 Å². The lowest BCUT2D eigenvalue weighted by molar-refractivity contribution is 1.07. The van der Waals surface area contributed by atoms with Gasteiger partial charge in [0.25, 0.3) is 0 Å². The average molecular weight is 705 g/mol. The molecule has 0 saturated heterocycles. The molecule has 0 aromatic heterocycles. The van der Waals surface area contributed by atoms with Crippen LogP contribution >= 0.6 is 0 Å². The zero-order chi connectivity index (χ0) is 37.0. The van der Waals surface area contributed by atoms with Crippen molar-refractivity contribution in [2.24, 2.45) is 9.98 Å². The van der Waals surface area contributed by atoms with Crippen molar-refractivity contribution in [3.63, 3.8) is 0 Å². The lowest BCUT2D eigenvalue weighted by atomic mass is 9.92. The van der Waals surface area contributed by atoms with Gasteiger partial charge in [-0.2, -0.15) is 0 Å². The van der Waals surface area contributed by atoms with Gasteiger partial charge in [0.05, 0.1) is 18.0 Å². The number of benzene rings is 7. The summed E-state index contributed by atoms with van der Waals surface area (Å²) in [5, 5.41) is 0. The van der Waals surface area contributed by atoms with Crippen LogP contribution in [0.1, 0.15) is 50.1 Å². The fourth-order valence-electron chi connectivity index (χ4n) is 7.81. The van der Waals surface area contributed by atoms with Crippen LogP contribution in [0.25, 0.3) is 51.2 Å². The highest BCUT2D eigenvalue weighted by molar-refractivity contribution is 6.12. The van der Waals surface area contributed by atoms with Crippen LogP contribution in [0.3, 0.4) is 0 Å². The second kappa shape index (κ2) is 15.2. The van der Waals surface area contributed by atoms with Gasteiger partial charge in [0.1, 0.15) is 0 Å². The van der Waals surface area contributed by atoms with Gasteiger partial charge in [-0.3, -0.25) is 9.98 Å². The average Bonchev–Trinajstić information content (AvgIpc) is 3.90. The molecule has 0 radical (unpaired) electrons. The summed E-state index contributed by atoms with van der Waals surface area (Å²) in [6, 6.07) is 62.9. The SMILES string of the molecule is C=N/C(=C\C(=NCc1cc(-c2cccc(C3=Cc4ccccc4C3)c2)cc(-c2cccc(C3=Cc4ccccc4C3)c2)c1)c1ccccc1)c1ccccc1. The Labute approximate surface area is 323 Å². The normalized spacial score (nSPS) is 13.5. The quantitative estimate of drug-likeness (QED) is 0.127. The Morgan fingerprint density at radius 1 is 0.473 bits per heavy atom. The zero-order valence-corrected chi connectivity index (χ0v) is 30.7. The van der Waals surface area contributed by atoms with Crippen molar-refractivity contribution in [2.75, 3.05) is 0 Å². The van der Waals surface area contributed by atoms with E-state index in [0.29, 0.717) is 6.54 Å². The van der Waals surface area contributed by atoms with Gasteiger partial charge in [-0.15, -0.1) is 0 Å². The Kier molecular flexibility index (Phi) is 9.38. The summed E-state index contributed by atoms with van der Waals surface area (Å²) in [5.41, 5.74) is 20.2. The van der Waals surface area contributed by atoms with Crippen LogP contribution < -0.4 is 0 Å². The van der Waals surface area contributed by atoms with Gasteiger partial charge in [-0.05, 0) is 134 Å². The summed E-state index contributed by atoms with van der Waals surface area (Å²) in [5.74, 6) is 0. The Morgan fingerprint density at radius 2 is 0.945 bits per heavy atom. The van der Waals surface area contributed by atoms with E-state index in [9.17, 15) is 0 Å². The third-order valence-corrected chi connectivity index (χ3v) is 10.7. The molecule has 0 aliphatic heterocycles. The molecule has 2 aliphatic carbocycles. The molecule has 0 unspecified atom stereocenters. The molecular weight excluding hydrogens is 665 g/mol. The van der Waals surface area contributed by atoms with Gasteiger partial charge in [0, 0.05) is 5.56 Å². The largest absolute Gasteiger partial charge is 0.280 e. The highest BCUT2D eigenvalue weighted by atomic mass is 14.8. The number of rotatable bonds is 10. The summed E-state index contributed by atoms with van der Waals surface area (Å²) < 4.78 is 0. The monoisotopic (exact) mass is 704 g/mol. The Hall–Kier alpha value is -6.90. The van der Waals surface area contributed by atoms with Crippen LogP contribution in [0.4, 0.5) is 0 Å². The van der Waals surface area contributed by atoms with E-state index in [1.54, 1.807) is 0 Å². The van der Waals surface area contributed by atoms with E-state index in [1.165, 1.54) is 66.8 Å². The summed E-state index contributed by atoms with van der Waals surface area (Å²) >= 11 is 0. The summed E-state index contributed by atoms with van der Waals surface area (Å²) in [6.45, 7) is 4.41. The molecule has 0 fully saturated rings. The topological polar surface area (TPSA) is 24.7 Å². The predicted molar refractivity (Wildman–Crippen MR) is 234 cm³/mol. The molecule has 7 aromatic carbocycles. The van der Waals surface area contributed by atoms with Crippen molar-refractivity contribution in [2.45, 2.75) is 19.4 Å². The van der Waals surface area contributed by atoms with Gasteiger partial charge < -0.3 is 0 Å². The van der Waals surface area contributed by atoms with Gasteiger partial charge in [0.15, 0.2) is 0 Å². The van der Waals surface area contributed by atoms with Crippen molar-refractivity contribution < 1.29 is 0 Å². The summed E-state index contributed by atoms with van der Waals surface area (Å²) in [4.78, 5) is 9.70. The van der Waals surface area contributed by atoms with Crippen LogP contribution in [0.5, 0.6) is 0 Å². The number of aliphatic imine (C=N–C) groups is 2. The van der Waals surface area contributed by atoms with Gasteiger partial charge in [-0.1, -0.05) is 158 Å². The van der Waals surface area contributed by atoms with E-state index in [4.69, 9.17) is 4.99 Å². The van der Waals surface area contributed by atoms with Gasteiger partial charge >= 0.3 is 0 Å². The van der Waals surface area contributed by atoms with Crippen molar-refractivity contribution >= 4 is 41.4 Å². The van der Waals surface area contributed by atoms with Crippen molar-refractivity contribution in [1.82, 2.24) is 0 Å². The molecule has 7 aromatic rings. The number of hydrogen-bond donors (Lipinski definition) is 0. The van der Waals surface area contributed by atoms with Gasteiger partial charge in [0.2, 0.25) is 0 Å². The minimum absolute atomic E-state index is 0.501. The fourth-order valence-corrected chi connectivity index (χ4v) is 7.81. The van der Waals surface area contributed by atoms with Crippen LogP contribution in [-0.2, 0) is 19.4 Å². The fraction of sp³-hybridized carbons (Fsp3) is 0.0566. The van der Waals surface area contributed by atoms with E-state index in [2.05, 4.69) is 182 Å². The van der Waals surface area contributed by atoms with Gasteiger partial charge in [-0.25, -0.2) is 0 Å².